The summed E-state index contributed by atoms with van der Waals surface area (Å²) in [4.78, 5) is 11.9. The molecular formula is C13H22NO6P. The Morgan fingerprint density at radius 3 is 2.33 bits per heavy atom. The molecule has 0 aliphatic carbocycles. The highest BCUT2D eigenvalue weighted by atomic mass is 31.2. The molecular weight excluding hydrogens is 297 g/mol. The van der Waals surface area contributed by atoms with Gasteiger partial charge < -0.3 is 23.9 Å². The van der Waals surface area contributed by atoms with Crippen molar-refractivity contribution in [3.05, 3.63) is 23.2 Å². The van der Waals surface area contributed by atoms with E-state index in [0.29, 0.717) is 5.76 Å². The summed E-state index contributed by atoms with van der Waals surface area (Å²) in [6, 6.07) is 1.50. The van der Waals surface area contributed by atoms with E-state index in [1.165, 1.54) is 6.07 Å². The fourth-order valence-electron chi connectivity index (χ4n) is 1.78. The highest BCUT2D eigenvalue weighted by Gasteiger charge is 2.30. The third kappa shape index (κ3) is 4.97. The number of carbonyl (C=O) groups is 1. The van der Waals surface area contributed by atoms with E-state index in [1.54, 1.807) is 20.8 Å². The summed E-state index contributed by atoms with van der Waals surface area (Å²) in [6.07, 6.45) is -0.136. The molecule has 0 radical (unpaired) electrons. The van der Waals surface area contributed by atoms with Crippen LogP contribution in [0.25, 0.3) is 0 Å². The minimum Gasteiger partial charge on any atom is -0.463 e. The van der Waals surface area contributed by atoms with E-state index >= 15 is 0 Å². The molecule has 0 amide bonds. The average molecular weight is 319 g/mol. The Labute approximate surface area is 124 Å². The van der Waals surface area contributed by atoms with E-state index in [1.807, 2.05) is 0 Å². The molecule has 1 heterocycles. The van der Waals surface area contributed by atoms with E-state index in [-0.39, 0.29) is 43.9 Å². The molecule has 0 bridgehead atoms. The van der Waals surface area contributed by atoms with Crippen LogP contribution < -0.4 is 5.73 Å². The van der Waals surface area contributed by atoms with Gasteiger partial charge in [0.1, 0.15) is 23.2 Å². The molecule has 0 unspecified atom stereocenters. The number of rotatable bonds is 9. The van der Waals surface area contributed by atoms with Crippen LogP contribution in [0.5, 0.6) is 0 Å². The average Bonchev–Trinajstić information content (AvgIpc) is 2.82. The summed E-state index contributed by atoms with van der Waals surface area (Å²) in [7, 11) is -3.37. The topological polar surface area (TPSA) is 101 Å². The minimum atomic E-state index is -3.37. The van der Waals surface area contributed by atoms with Gasteiger partial charge in [0.05, 0.1) is 26.4 Å². The standard InChI is InChI=1S/C13H22NO6P/c1-4-17-13(15)11-7-10(8-14)20-12(11)9-21(16,18-5-2)19-6-3/h7H,4-6,8-9,14H2,1-3H3. The lowest BCUT2D eigenvalue weighted by Crippen LogP contribution is -2.07. The second kappa shape index (κ2) is 8.34. The molecule has 1 aromatic rings. The van der Waals surface area contributed by atoms with E-state index in [0.717, 1.165) is 0 Å². The van der Waals surface area contributed by atoms with Crippen molar-refractivity contribution in [3.63, 3.8) is 0 Å². The van der Waals surface area contributed by atoms with E-state index in [2.05, 4.69) is 0 Å². The van der Waals surface area contributed by atoms with Crippen molar-refractivity contribution in [1.82, 2.24) is 0 Å². The molecule has 120 valence electrons. The van der Waals surface area contributed by atoms with Gasteiger partial charge in [-0.2, -0.15) is 0 Å². The van der Waals surface area contributed by atoms with Crippen LogP contribution in [-0.4, -0.2) is 25.8 Å². The number of nitrogens with two attached hydrogens (primary N) is 1. The van der Waals surface area contributed by atoms with Crippen molar-refractivity contribution in [1.29, 1.82) is 0 Å². The van der Waals surface area contributed by atoms with Crippen molar-refractivity contribution >= 4 is 13.6 Å². The third-order valence-electron chi connectivity index (χ3n) is 2.55. The van der Waals surface area contributed by atoms with E-state index < -0.39 is 13.6 Å². The van der Waals surface area contributed by atoms with Crippen LogP contribution in [-0.2, 0) is 31.1 Å². The van der Waals surface area contributed by atoms with Gasteiger partial charge >= 0.3 is 13.6 Å². The number of esters is 1. The van der Waals surface area contributed by atoms with Crippen molar-refractivity contribution in [2.45, 2.75) is 33.5 Å². The monoisotopic (exact) mass is 319 g/mol. The SMILES string of the molecule is CCOC(=O)c1cc(CN)oc1CP(=O)(OCC)OCC. The zero-order valence-corrected chi connectivity index (χ0v) is 13.5. The van der Waals surface area contributed by atoms with Crippen LogP contribution in [0.2, 0.25) is 0 Å². The molecule has 0 fully saturated rings. The Kier molecular flexibility index (Phi) is 7.11. The van der Waals surface area contributed by atoms with Gasteiger partial charge in [0, 0.05) is 0 Å². The fraction of sp³-hybridized carbons (Fsp3) is 0.615. The lowest BCUT2D eigenvalue weighted by molar-refractivity contribution is 0.0524. The number of hydrogen-bond donors (Lipinski definition) is 1. The second-order valence-electron chi connectivity index (χ2n) is 4.08. The first kappa shape index (κ1) is 17.9. The molecule has 2 N–H and O–H groups in total. The van der Waals surface area contributed by atoms with Gasteiger partial charge in [0.2, 0.25) is 0 Å². The molecule has 7 nitrogen and oxygen atoms in total. The molecule has 0 saturated carbocycles. The first-order valence-corrected chi connectivity index (χ1v) is 8.59. The summed E-state index contributed by atoms with van der Waals surface area (Å²) in [5.41, 5.74) is 5.72. The molecule has 8 heteroatoms. The van der Waals surface area contributed by atoms with Crippen LogP contribution in [0.4, 0.5) is 0 Å². The van der Waals surface area contributed by atoms with Crippen LogP contribution >= 0.6 is 7.60 Å². The minimum absolute atomic E-state index is 0.125. The number of hydrogen-bond acceptors (Lipinski definition) is 7. The second-order valence-corrected chi connectivity index (χ2v) is 6.13. The Balaban J connectivity index is 3.07. The number of ether oxygens (including phenoxy) is 1. The molecule has 0 aliphatic heterocycles. The number of carbonyl (C=O) groups excluding carboxylic acids is 1. The molecule has 0 spiro atoms. The molecule has 0 aliphatic rings. The van der Waals surface area contributed by atoms with Gasteiger partial charge in [-0.05, 0) is 26.8 Å². The van der Waals surface area contributed by atoms with Crippen molar-refractivity contribution in [2.24, 2.45) is 5.73 Å². The fourth-order valence-corrected chi connectivity index (χ4v) is 3.41. The van der Waals surface area contributed by atoms with Crippen molar-refractivity contribution < 1.29 is 27.6 Å². The van der Waals surface area contributed by atoms with Gasteiger partial charge in [-0.15, -0.1) is 0 Å². The summed E-state index contributed by atoms with van der Waals surface area (Å²) in [6.45, 7) is 5.95. The zero-order chi connectivity index (χ0) is 15.9. The van der Waals surface area contributed by atoms with Gasteiger partial charge in [-0.1, -0.05) is 0 Å². The van der Waals surface area contributed by atoms with E-state index in [9.17, 15) is 9.36 Å². The first-order chi connectivity index (χ1) is 9.99. The molecule has 1 aromatic heterocycles. The van der Waals surface area contributed by atoms with Gasteiger partial charge in [-0.3, -0.25) is 4.57 Å². The van der Waals surface area contributed by atoms with Gasteiger partial charge in [-0.25, -0.2) is 4.79 Å². The van der Waals surface area contributed by atoms with Crippen LogP contribution in [0.1, 0.15) is 42.6 Å². The summed E-state index contributed by atoms with van der Waals surface area (Å²) >= 11 is 0. The molecule has 0 atom stereocenters. The Hall–Kier alpha value is -1.14. The lowest BCUT2D eigenvalue weighted by Gasteiger charge is -2.16. The number of furan rings is 1. The Bertz CT molecular complexity index is 503. The molecule has 21 heavy (non-hydrogen) atoms. The molecule has 0 aromatic carbocycles. The van der Waals surface area contributed by atoms with E-state index in [4.69, 9.17) is 23.9 Å². The first-order valence-electron chi connectivity index (χ1n) is 6.86. The summed E-state index contributed by atoms with van der Waals surface area (Å²) < 4.78 is 33.3. The zero-order valence-electron chi connectivity index (χ0n) is 12.6. The van der Waals surface area contributed by atoms with Crippen LogP contribution in [0, 0.1) is 0 Å². The highest BCUT2D eigenvalue weighted by Crippen LogP contribution is 2.52. The third-order valence-corrected chi connectivity index (χ3v) is 4.52. The van der Waals surface area contributed by atoms with Crippen molar-refractivity contribution in [2.75, 3.05) is 19.8 Å². The normalized spacial score (nSPS) is 11.6. The van der Waals surface area contributed by atoms with Crippen LogP contribution in [0.15, 0.2) is 10.5 Å². The largest absolute Gasteiger partial charge is 0.463 e. The lowest BCUT2D eigenvalue weighted by atomic mass is 10.2. The molecule has 1 rings (SSSR count). The summed E-state index contributed by atoms with van der Waals surface area (Å²) in [5, 5.41) is 0. The maximum Gasteiger partial charge on any atom is 0.341 e. The quantitative estimate of drug-likeness (QED) is 0.551. The maximum atomic E-state index is 12.5. The molecule has 0 saturated heterocycles. The summed E-state index contributed by atoms with van der Waals surface area (Å²) in [5.74, 6) is 0.0715. The van der Waals surface area contributed by atoms with Gasteiger partial charge in [0.25, 0.3) is 0 Å². The van der Waals surface area contributed by atoms with Crippen LogP contribution in [0.3, 0.4) is 0 Å². The Morgan fingerprint density at radius 1 is 1.24 bits per heavy atom. The van der Waals surface area contributed by atoms with Crippen molar-refractivity contribution in [3.8, 4) is 0 Å². The predicted octanol–water partition coefficient (Wildman–Crippen LogP) is 2.68. The maximum absolute atomic E-state index is 12.5. The Morgan fingerprint density at radius 2 is 1.86 bits per heavy atom. The highest BCUT2D eigenvalue weighted by molar-refractivity contribution is 7.53. The smallest absolute Gasteiger partial charge is 0.341 e. The van der Waals surface area contributed by atoms with Gasteiger partial charge in [0.15, 0.2) is 0 Å². The predicted molar refractivity (Wildman–Crippen MR) is 77.1 cm³/mol.